The van der Waals surface area contributed by atoms with Crippen LogP contribution in [0.2, 0.25) is 0 Å². The summed E-state index contributed by atoms with van der Waals surface area (Å²) in [5.74, 6) is 0. The van der Waals surface area contributed by atoms with Crippen LogP contribution in [0.3, 0.4) is 0 Å². The topological polar surface area (TPSA) is 68.7 Å². The van der Waals surface area contributed by atoms with Crippen LogP contribution in [-0.4, -0.2) is 59.3 Å². The van der Waals surface area contributed by atoms with Crippen molar-refractivity contribution < 1.29 is 9.90 Å². The number of aliphatic hydroxyl groups excluding tert-OH is 1. The van der Waals surface area contributed by atoms with Gasteiger partial charge in [0.05, 0.1) is 6.10 Å². The maximum absolute atomic E-state index is 12.3. The largest absolute Gasteiger partial charge is 0.393 e. The van der Waals surface area contributed by atoms with Crippen molar-refractivity contribution in [3.8, 4) is 0 Å². The summed E-state index contributed by atoms with van der Waals surface area (Å²) >= 11 is 1.64. The van der Waals surface area contributed by atoms with Crippen LogP contribution in [0.25, 0.3) is 0 Å². The lowest BCUT2D eigenvalue weighted by molar-refractivity contribution is 0.115. The van der Waals surface area contributed by atoms with E-state index in [1.54, 1.807) is 11.3 Å². The van der Waals surface area contributed by atoms with Gasteiger partial charge in [-0.2, -0.15) is 0 Å². The van der Waals surface area contributed by atoms with Crippen LogP contribution in [-0.2, 0) is 0 Å². The van der Waals surface area contributed by atoms with Crippen LogP contribution in [0.15, 0.2) is 11.6 Å². The van der Waals surface area contributed by atoms with Crippen LogP contribution in [0.1, 0.15) is 25.7 Å². The highest BCUT2D eigenvalue weighted by Crippen LogP contribution is 2.20. The van der Waals surface area contributed by atoms with E-state index in [-0.39, 0.29) is 18.2 Å². The minimum atomic E-state index is -0.181. The third-order valence-electron chi connectivity index (χ3n) is 4.28. The van der Waals surface area contributed by atoms with Crippen LogP contribution in [0.5, 0.6) is 0 Å². The van der Waals surface area contributed by atoms with Gasteiger partial charge < -0.3 is 20.2 Å². The number of nitrogens with one attached hydrogen (secondary N) is 1. The van der Waals surface area contributed by atoms with E-state index in [4.69, 9.17) is 0 Å². The average Bonchev–Trinajstić information content (AvgIpc) is 3.04. The number of urea groups is 1. The third kappa shape index (κ3) is 3.65. The minimum absolute atomic E-state index is 0.0372. The van der Waals surface area contributed by atoms with E-state index in [9.17, 15) is 9.90 Å². The second-order valence-electron chi connectivity index (χ2n) is 5.74. The molecule has 1 saturated heterocycles. The fourth-order valence-corrected chi connectivity index (χ4v) is 3.66. The summed E-state index contributed by atoms with van der Waals surface area (Å²) in [6.45, 7) is 3.15. The van der Waals surface area contributed by atoms with Gasteiger partial charge in [-0.15, -0.1) is 11.3 Å². The summed E-state index contributed by atoms with van der Waals surface area (Å²) in [6.07, 6.45) is 4.99. The lowest BCUT2D eigenvalue weighted by Gasteiger charge is -2.36. The van der Waals surface area contributed by atoms with E-state index in [2.05, 4.69) is 15.2 Å². The Morgan fingerprint density at radius 1 is 1.24 bits per heavy atom. The van der Waals surface area contributed by atoms with Gasteiger partial charge in [0.25, 0.3) is 0 Å². The Morgan fingerprint density at radius 3 is 2.57 bits per heavy atom. The average molecular weight is 310 g/mol. The highest BCUT2D eigenvalue weighted by molar-refractivity contribution is 7.13. The van der Waals surface area contributed by atoms with Crippen LogP contribution >= 0.6 is 11.3 Å². The third-order valence-corrected chi connectivity index (χ3v) is 5.11. The molecule has 1 aromatic heterocycles. The molecule has 0 bridgehead atoms. The molecular formula is C14H22N4O2S. The molecule has 2 heterocycles. The Morgan fingerprint density at radius 2 is 1.95 bits per heavy atom. The van der Waals surface area contributed by atoms with Gasteiger partial charge in [-0.3, -0.25) is 0 Å². The minimum Gasteiger partial charge on any atom is -0.393 e. The highest BCUT2D eigenvalue weighted by atomic mass is 32.1. The van der Waals surface area contributed by atoms with E-state index in [0.717, 1.165) is 57.0 Å². The number of aromatic nitrogens is 1. The van der Waals surface area contributed by atoms with Gasteiger partial charge in [0.15, 0.2) is 5.13 Å². The van der Waals surface area contributed by atoms with Crippen molar-refractivity contribution >= 4 is 22.5 Å². The second-order valence-corrected chi connectivity index (χ2v) is 6.62. The van der Waals surface area contributed by atoms with E-state index in [1.807, 2.05) is 16.5 Å². The molecular weight excluding hydrogens is 288 g/mol. The Labute approximate surface area is 128 Å². The summed E-state index contributed by atoms with van der Waals surface area (Å²) < 4.78 is 0. The number of carbonyl (C=O) groups excluding carboxylic acids is 1. The van der Waals surface area contributed by atoms with E-state index in [0.29, 0.717) is 0 Å². The molecule has 1 aliphatic carbocycles. The number of nitrogens with zero attached hydrogens (tertiary/aromatic N) is 3. The SMILES string of the molecule is O=C(NC1CCC(O)CC1)N1CCN(c2nccs2)CC1. The number of hydrogen-bond donors (Lipinski definition) is 2. The van der Waals surface area contributed by atoms with Crippen molar-refractivity contribution in [2.45, 2.75) is 37.8 Å². The molecule has 0 radical (unpaired) electrons. The van der Waals surface area contributed by atoms with Gasteiger partial charge in [-0.05, 0) is 25.7 Å². The molecule has 2 aliphatic rings. The van der Waals surface area contributed by atoms with Crippen LogP contribution in [0.4, 0.5) is 9.93 Å². The molecule has 2 fully saturated rings. The normalized spacial score (nSPS) is 26.7. The maximum Gasteiger partial charge on any atom is 0.317 e. The Kier molecular flexibility index (Phi) is 4.60. The monoisotopic (exact) mass is 310 g/mol. The Bertz CT molecular complexity index is 452. The lowest BCUT2D eigenvalue weighted by atomic mass is 9.93. The van der Waals surface area contributed by atoms with Crippen LogP contribution < -0.4 is 10.2 Å². The molecule has 0 spiro atoms. The first-order valence-corrected chi connectivity index (χ1v) is 8.48. The van der Waals surface area contributed by atoms with E-state index < -0.39 is 0 Å². The summed E-state index contributed by atoms with van der Waals surface area (Å²) in [7, 11) is 0. The molecule has 0 atom stereocenters. The van der Waals surface area contributed by atoms with Gasteiger partial charge >= 0.3 is 6.03 Å². The number of hydrogen-bond acceptors (Lipinski definition) is 5. The van der Waals surface area contributed by atoms with E-state index in [1.165, 1.54) is 0 Å². The molecule has 116 valence electrons. The quantitative estimate of drug-likeness (QED) is 0.863. The molecule has 1 saturated carbocycles. The van der Waals surface area contributed by atoms with Crippen molar-refractivity contribution in [2.75, 3.05) is 31.1 Å². The maximum atomic E-state index is 12.3. The first-order chi connectivity index (χ1) is 10.2. The number of amides is 2. The molecule has 7 heteroatoms. The van der Waals surface area contributed by atoms with Crippen molar-refractivity contribution in [2.24, 2.45) is 0 Å². The van der Waals surface area contributed by atoms with Gasteiger partial charge in [-0.1, -0.05) is 0 Å². The van der Waals surface area contributed by atoms with Crippen molar-refractivity contribution in [3.05, 3.63) is 11.6 Å². The first-order valence-electron chi connectivity index (χ1n) is 7.60. The summed E-state index contributed by atoms with van der Waals surface area (Å²) in [4.78, 5) is 20.7. The molecule has 0 unspecified atom stereocenters. The van der Waals surface area contributed by atoms with E-state index >= 15 is 0 Å². The van der Waals surface area contributed by atoms with Gasteiger partial charge in [0.2, 0.25) is 0 Å². The molecule has 3 rings (SSSR count). The van der Waals surface area contributed by atoms with Crippen molar-refractivity contribution in [3.63, 3.8) is 0 Å². The molecule has 2 amide bonds. The molecule has 1 aliphatic heterocycles. The molecule has 2 N–H and O–H groups in total. The van der Waals surface area contributed by atoms with Gasteiger partial charge in [-0.25, -0.2) is 9.78 Å². The standard InChI is InChI=1S/C14H22N4O2S/c19-12-3-1-11(2-4-12)16-13(20)17-6-8-18(9-7-17)14-15-5-10-21-14/h5,10-12,19H,1-4,6-9H2,(H,16,20). The second kappa shape index (κ2) is 6.62. The smallest absolute Gasteiger partial charge is 0.317 e. The molecule has 21 heavy (non-hydrogen) atoms. The molecule has 6 nitrogen and oxygen atoms in total. The zero-order valence-corrected chi connectivity index (χ0v) is 12.9. The number of rotatable bonds is 2. The predicted molar refractivity (Wildman–Crippen MR) is 82.7 cm³/mol. The Balaban J connectivity index is 1.44. The van der Waals surface area contributed by atoms with Crippen LogP contribution in [0, 0.1) is 0 Å². The number of thiazole rings is 1. The fraction of sp³-hybridized carbons (Fsp3) is 0.714. The lowest BCUT2D eigenvalue weighted by Crippen LogP contribution is -2.54. The highest BCUT2D eigenvalue weighted by Gasteiger charge is 2.26. The summed E-state index contributed by atoms with van der Waals surface area (Å²) in [6, 6.07) is 0.257. The zero-order chi connectivity index (χ0) is 14.7. The number of carbonyl (C=O) groups is 1. The van der Waals surface area contributed by atoms with Crippen molar-refractivity contribution in [1.82, 2.24) is 15.2 Å². The zero-order valence-electron chi connectivity index (χ0n) is 12.1. The molecule has 0 aromatic carbocycles. The fourth-order valence-electron chi connectivity index (χ4n) is 2.96. The van der Waals surface area contributed by atoms with Gasteiger partial charge in [0, 0.05) is 43.8 Å². The summed E-state index contributed by atoms with van der Waals surface area (Å²) in [5.41, 5.74) is 0. The first kappa shape index (κ1) is 14.6. The number of aliphatic hydroxyl groups is 1. The number of piperazine rings is 1. The molecule has 1 aromatic rings. The van der Waals surface area contributed by atoms with Gasteiger partial charge in [0.1, 0.15) is 0 Å². The van der Waals surface area contributed by atoms with Crippen molar-refractivity contribution in [1.29, 1.82) is 0 Å². The predicted octanol–water partition coefficient (Wildman–Crippen LogP) is 1.28. The summed E-state index contributed by atoms with van der Waals surface area (Å²) in [5, 5.41) is 15.6. The Hall–Kier alpha value is -1.34. The number of anilines is 1.